The lowest BCUT2D eigenvalue weighted by atomic mass is 9.89. The highest BCUT2D eigenvalue weighted by molar-refractivity contribution is 5.20. The standard InChI is InChI=1S/C19H31N3/c1-16-12-17(2)14-22(13-16)19(18-6-4-3-5-7-18)15-21-10-8-20-9-11-21/h3-7,16-17,19-20H,8-15H2,1-2H3. The van der Waals surface area contributed by atoms with Crippen LogP contribution in [0.4, 0.5) is 0 Å². The van der Waals surface area contributed by atoms with E-state index in [0.717, 1.165) is 24.9 Å². The Kier molecular flexibility index (Phi) is 5.51. The van der Waals surface area contributed by atoms with Crippen molar-refractivity contribution >= 4 is 0 Å². The molecule has 2 aliphatic heterocycles. The maximum atomic E-state index is 3.47. The van der Waals surface area contributed by atoms with Crippen LogP contribution in [0.15, 0.2) is 30.3 Å². The molecule has 0 spiro atoms. The van der Waals surface area contributed by atoms with E-state index < -0.39 is 0 Å². The fourth-order valence-corrected chi connectivity index (χ4v) is 4.21. The number of hydrogen-bond donors (Lipinski definition) is 1. The van der Waals surface area contributed by atoms with Crippen LogP contribution in [0.2, 0.25) is 0 Å². The molecule has 0 amide bonds. The van der Waals surface area contributed by atoms with Gasteiger partial charge in [-0.25, -0.2) is 0 Å². The smallest absolute Gasteiger partial charge is 0.0475 e. The number of nitrogens with zero attached hydrogens (tertiary/aromatic N) is 2. The fraction of sp³-hybridized carbons (Fsp3) is 0.684. The number of hydrogen-bond acceptors (Lipinski definition) is 3. The zero-order chi connectivity index (χ0) is 15.4. The number of rotatable bonds is 4. The number of piperazine rings is 1. The van der Waals surface area contributed by atoms with Crippen LogP contribution in [-0.4, -0.2) is 55.6 Å². The second kappa shape index (κ2) is 7.58. The molecule has 22 heavy (non-hydrogen) atoms. The van der Waals surface area contributed by atoms with Crippen molar-refractivity contribution in [3.8, 4) is 0 Å². The Morgan fingerprint density at radius 1 is 1.05 bits per heavy atom. The van der Waals surface area contributed by atoms with Gasteiger partial charge in [0.05, 0.1) is 0 Å². The molecule has 3 unspecified atom stereocenters. The molecule has 0 saturated carbocycles. The molecule has 3 rings (SSSR count). The molecule has 1 N–H and O–H groups in total. The molecule has 122 valence electrons. The minimum Gasteiger partial charge on any atom is -0.314 e. The van der Waals surface area contributed by atoms with Crippen molar-refractivity contribution in [3.63, 3.8) is 0 Å². The molecule has 0 bridgehead atoms. The topological polar surface area (TPSA) is 18.5 Å². The fourth-order valence-electron chi connectivity index (χ4n) is 4.21. The molecule has 0 aromatic heterocycles. The highest BCUT2D eigenvalue weighted by Crippen LogP contribution is 2.30. The van der Waals surface area contributed by atoms with E-state index in [0.29, 0.717) is 6.04 Å². The molecule has 2 heterocycles. The van der Waals surface area contributed by atoms with E-state index in [1.54, 1.807) is 0 Å². The molecule has 3 nitrogen and oxygen atoms in total. The predicted molar refractivity (Wildman–Crippen MR) is 93.0 cm³/mol. The summed E-state index contributed by atoms with van der Waals surface area (Å²) in [6.07, 6.45) is 1.38. The Hall–Kier alpha value is -0.900. The van der Waals surface area contributed by atoms with Gasteiger partial charge >= 0.3 is 0 Å². The van der Waals surface area contributed by atoms with Gasteiger partial charge < -0.3 is 5.32 Å². The first kappa shape index (κ1) is 16.0. The molecule has 2 fully saturated rings. The van der Waals surface area contributed by atoms with E-state index >= 15 is 0 Å². The summed E-state index contributed by atoms with van der Waals surface area (Å²) in [5, 5.41) is 3.47. The number of nitrogens with one attached hydrogen (secondary N) is 1. The normalized spacial score (nSPS) is 29.4. The third-order valence-electron chi connectivity index (χ3n) is 5.16. The monoisotopic (exact) mass is 301 g/mol. The average molecular weight is 301 g/mol. The van der Waals surface area contributed by atoms with E-state index in [-0.39, 0.29) is 0 Å². The van der Waals surface area contributed by atoms with E-state index in [1.165, 1.54) is 44.7 Å². The van der Waals surface area contributed by atoms with E-state index in [9.17, 15) is 0 Å². The van der Waals surface area contributed by atoms with Crippen molar-refractivity contribution < 1.29 is 0 Å². The SMILES string of the molecule is CC1CC(C)CN(C(CN2CCNCC2)c2ccccc2)C1. The van der Waals surface area contributed by atoms with Crippen molar-refractivity contribution in [3.05, 3.63) is 35.9 Å². The van der Waals surface area contributed by atoms with Gasteiger partial charge in [0.1, 0.15) is 0 Å². The molecule has 3 heteroatoms. The maximum Gasteiger partial charge on any atom is 0.0475 e. The Morgan fingerprint density at radius 2 is 1.68 bits per heavy atom. The molecule has 0 radical (unpaired) electrons. The Balaban J connectivity index is 1.76. The van der Waals surface area contributed by atoms with Crippen LogP contribution in [0.25, 0.3) is 0 Å². The molecule has 2 saturated heterocycles. The van der Waals surface area contributed by atoms with Crippen molar-refractivity contribution in [2.24, 2.45) is 11.8 Å². The molecule has 0 aliphatic carbocycles. The number of piperidine rings is 1. The predicted octanol–water partition coefficient (Wildman–Crippen LogP) is 2.61. The van der Waals surface area contributed by atoms with Gasteiger partial charge in [0.15, 0.2) is 0 Å². The van der Waals surface area contributed by atoms with Crippen LogP contribution in [-0.2, 0) is 0 Å². The summed E-state index contributed by atoms with van der Waals surface area (Å²) in [5.41, 5.74) is 1.49. The summed E-state index contributed by atoms with van der Waals surface area (Å²) in [4.78, 5) is 5.38. The van der Waals surface area contributed by atoms with Crippen molar-refractivity contribution in [1.29, 1.82) is 0 Å². The van der Waals surface area contributed by atoms with E-state index in [4.69, 9.17) is 0 Å². The zero-order valence-corrected chi connectivity index (χ0v) is 14.2. The molecule has 2 aliphatic rings. The minimum absolute atomic E-state index is 0.546. The molecule has 1 aromatic carbocycles. The largest absolute Gasteiger partial charge is 0.314 e. The van der Waals surface area contributed by atoms with Gasteiger partial charge in [0, 0.05) is 51.9 Å². The lowest BCUT2D eigenvalue weighted by Gasteiger charge is -2.42. The van der Waals surface area contributed by atoms with Crippen LogP contribution < -0.4 is 5.32 Å². The van der Waals surface area contributed by atoms with Crippen LogP contribution in [0.3, 0.4) is 0 Å². The van der Waals surface area contributed by atoms with Crippen LogP contribution in [0.1, 0.15) is 31.9 Å². The Bertz CT molecular complexity index is 431. The second-order valence-electron chi connectivity index (χ2n) is 7.38. The third kappa shape index (κ3) is 4.09. The van der Waals surface area contributed by atoms with Gasteiger partial charge in [-0.2, -0.15) is 0 Å². The Labute approximate surface area is 135 Å². The average Bonchev–Trinajstić information content (AvgIpc) is 2.53. The molecule has 3 atom stereocenters. The first-order chi connectivity index (χ1) is 10.7. The Morgan fingerprint density at radius 3 is 2.32 bits per heavy atom. The van der Waals surface area contributed by atoms with Crippen LogP contribution in [0.5, 0.6) is 0 Å². The first-order valence-electron chi connectivity index (χ1n) is 8.94. The van der Waals surface area contributed by atoms with Gasteiger partial charge in [-0.3, -0.25) is 9.80 Å². The summed E-state index contributed by atoms with van der Waals surface area (Å²) in [5.74, 6) is 1.64. The van der Waals surface area contributed by atoms with Crippen LogP contribution in [0, 0.1) is 11.8 Å². The highest BCUT2D eigenvalue weighted by atomic mass is 15.2. The minimum atomic E-state index is 0.546. The molecular weight excluding hydrogens is 270 g/mol. The maximum absolute atomic E-state index is 3.47. The molecular formula is C19H31N3. The van der Waals surface area contributed by atoms with Crippen molar-refractivity contribution in [2.75, 3.05) is 45.8 Å². The van der Waals surface area contributed by atoms with Gasteiger partial charge in [0.25, 0.3) is 0 Å². The lowest BCUT2D eigenvalue weighted by molar-refractivity contribution is 0.0678. The van der Waals surface area contributed by atoms with Gasteiger partial charge in [-0.05, 0) is 23.8 Å². The lowest BCUT2D eigenvalue weighted by Crippen LogP contribution is -2.49. The van der Waals surface area contributed by atoms with Gasteiger partial charge in [-0.15, -0.1) is 0 Å². The molecule has 1 aromatic rings. The first-order valence-corrected chi connectivity index (χ1v) is 8.94. The summed E-state index contributed by atoms with van der Waals surface area (Å²) in [7, 11) is 0. The zero-order valence-electron chi connectivity index (χ0n) is 14.2. The van der Waals surface area contributed by atoms with E-state index in [2.05, 4.69) is 59.3 Å². The summed E-state index contributed by atoms with van der Waals surface area (Å²) in [6, 6.07) is 11.7. The summed E-state index contributed by atoms with van der Waals surface area (Å²) in [6.45, 7) is 13.1. The quantitative estimate of drug-likeness (QED) is 0.922. The van der Waals surface area contributed by atoms with E-state index in [1.807, 2.05) is 0 Å². The summed E-state index contributed by atoms with van der Waals surface area (Å²) >= 11 is 0. The summed E-state index contributed by atoms with van der Waals surface area (Å²) < 4.78 is 0. The van der Waals surface area contributed by atoms with Crippen LogP contribution >= 0.6 is 0 Å². The van der Waals surface area contributed by atoms with Crippen molar-refractivity contribution in [1.82, 2.24) is 15.1 Å². The number of benzene rings is 1. The number of likely N-dealkylation sites (tertiary alicyclic amines) is 1. The second-order valence-corrected chi connectivity index (χ2v) is 7.38. The van der Waals surface area contributed by atoms with Gasteiger partial charge in [0.2, 0.25) is 0 Å². The van der Waals surface area contributed by atoms with Gasteiger partial charge in [-0.1, -0.05) is 44.2 Å². The third-order valence-corrected chi connectivity index (χ3v) is 5.16. The highest BCUT2D eigenvalue weighted by Gasteiger charge is 2.29. The van der Waals surface area contributed by atoms with Crippen molar-refractivity contribution in [2.45, 2.75) is 26.3 Å².